The standard InChI is InChI=1S/2C29H31FN4O4.C4H4O4/c2*1-2-38-29(37)32-25-11-7-23(8-12-25)28(36)34(26-4-3-15-31-20-26)19-18-33-16-13-22(14-17-33)27(35)21-5-9-24(30)10-6-21;5-3(6)1-2-4(7)8/h2*3-12,15,20,22H,2,13-14,16-19H2,1H3,(H,32,37);1-2H,(H,5,6)(H,7,8)/b;;2-1+. The molecule has 0 unspecified atom stereocenters. The smallest absolute Gasteiger partial charge is 0.411 e. The highest BCUT2D eigenvalue weighted by atomic mass is 19.1. The molecule has 2 fully saturated rings. The van der Waals surface area contributed by atoms with E-state index in [1.807, 2.05) is 12.1 Å². The number of anilines is 4. The zero-order valence-corrected chi connectivity index (χ0v) is 46.5. The summed E-state index contributed by atoms with van der Waals surface area (Å²) in [7, 11) is 0. The first-order valence-electron chi connectivity index (χ1n) is 27.2. The number of benzene rings is 4. The van der Waals surface area contributed by atoms with E-state index >= 15 is 0 Å². The number of aromatic nitrogens is 2. The first-order valence-corrected chi connectivity index (χ1v) is 27.2. The molecule has 0 spiro atoms. The Morgan fingerprint density at radius 1 is 0.524 bits per heavy atom. The van der Waals surface area contributed by atoms with E-state index in [1.54, 1.807) is 133 Å². The Bertz CT molecular complexity index is 2950. The molecule has 0 aliphatic carbocycles. The number of ether oxygens (including phenoxy) is 2. The van der Waals surface area contributed by atoms with Crippen LogP contribution in [0.15, 0.2) is 158 Å². The SMILES string of the molecule is CCOC(=O)Nc1ccc(C(=O)N(CCN2CCC(C(=O)c3ccc(F)cc3)CC2)c2cccnc2)cc1.CCOC(=O)Nc1ccc(C(=O)N(CCN2CCC(C(=O)c3ccc(F)cc3)CC2)c2cccnc2)cc1.O=C(O)/C=C/C(=O)O. The molecule has 0 atom stereocenters. The Balaban J connectivity index is 0.000000238. The Morgan fingerprint density at radius 2 is 0.857 bits per heavy atom. The minimum atomic E-state index is -1.26. The summed E-state index contributed by atoms with van der Waals surface area (Å²) in [5.74, 6) is -3.65. The predicted molar refractivity (Wildman–Crippen MR) is 310 cm³/mol. The normalized spacial score (nSPS) is 13.6. The van der Waals surface area contributed by atoms with Crippen LogP contribution in [0.1, 0.15) is 81.0 Å². The maximum atomic E-state index is 13.5. The minimum Gasteiger partial charge on any atom is -0.478 e. The van der Waals surface area contributed by atoms with Crippen molar-refractivity contribution in [3.63, 3.8) is 0 Å². The van der Waals surface area contributed by atoms with Gasteiger partial charge in [0.1, 0.15) is 11.6 Å². The summed E-state index contributed by atoms with van der Waals surface area (Å²) in [6.45, 7) is 9.11. The number of hydrogen-bond donors (Lipinski definition) is 4. The highest BCUT2D eigenvalue weighted by Gasteiger charge is 2.29. The number of pyridine rings is 2. The highest BCUT2D eigenvalue weighted by Crippen LogP contribution is 2.26. The second-order valence-corrected chi connectivity index (χ2v) is 19.2. The van der Waals surface area contributed by atoms with E-state index in [0.717, 1.165) is 26.2 Å². The number of rotatable bonds is 20. The van der Waals surface area contributed by atoms with Gasteiger partial charge in [-0.25, -0.2) is 28.0 Å². The van der Waals surface area contributed by atoms with Gasteiger partial charge in [0.25, 0.3) is 11.8 Å². The summed E-state index contributed by atoms with van der Waals surface area (Å²) in [4.78, 5) is 111. The van der Waals surface area contributed by atoms with E-state index in [-0.39, 0.29) is 60.1 Å². The number of amides is 4. The van der Waals surface area contributed by atoms with Gasteiger partial charge in [0.05, 0.1) is 37.0 Å². The van der Waals surface area contributed by atoms with Crippen molar-refractivity contribution in [2.45, 2.75) is 39.5 Å². The molecule has 4 N–H and O–H groups in total. The summed E-state index contributed by atoms with van der Waals surface area (Å²) < 4.78 is 36.2. The molecule has 440 valence electrons. The third-order valence-corrected chi connectivity index (χ3v) is 13.5. The van der Waals surface area contributed by atoms with E-state index in [9.17, 15) is 47.1 Å². The molecule has 0 saturated carbocycles. The van der Waals surface area contributed by atoms with E-state index < -0.39 is 24.1 Å². The van der Waals surface area contributed by atoms with E-state index in [1.165, 1.54) is 24.3 Å². The quantitative estimate of drug-likeness (QED) is 0.0409. The molecule has 4 aromatic carbocycles. The molecule has 2 saturated heterocycles. The fourth-order valence-corrected chi connectivity index (χ4v) is 9.16. The fourth-order valence-electron chi connectivity index (χ4n) is 9.16. The number of ketones is 2. The molecule has 20 nitrogen and oxygen atoms in total. The molecule has 2 aliphatic rings. The minimum absolute atomic E-state index is 0.0534. The van der Waals surface area contributed by atoms with Crippen molar-refractivity contribution in [3.8, 4) is 0 Å². The van der Waals surface area contributed by atoms with Crippen LogP contribution in [0.25, 0.3) is 0 Å². The number of carboxylic acid groups (broad SMARTS) is 2. The number of carbonyl (C=O) groups excluding carboxylic acids is 6. The summed E-state index contributed by atoms with van der Waals surface area (Å²) in [6.07, 6.45) is 9.50. The topological polar surface area (TPSA) is 258 Å². The van der Waals surface area contributed by atoms with Crippen LogP contribution in [0.2, 0.25) is 0 Å². The average molecular weight is 1150 g/mol. The number of piperidine rings is 2. The molecule has 4 heterocycles. The number of likely N-dealkylation sites (tertiary alicyclic amines) is 2. The van der Waals surface area contributed by atoms with Crippen molar-refractivity contribution >= 4 is 70.3 Å². The van der Waals surface area contributed by atoms with Crippen molar-refractivity contribution < 1.29 is 66.8 Å². The van der Waals surface area contributed by atoms with Gasteiger partial charge in [0.15, 0.2) is 11.6 Å². The predicted octanol–water partition coefficient (Wildman–Crippen LogP) is 9.77. The molecule has 6 aromatic rings. The highest BCUT2D eigenvalue weighted by molar-refractivity contribution is 6.07. The maximum absolute atomic E-state index is 13.5. The van der Waals surface area contributed by atoms with Crippen molar-refractivity contribution in [2.75, 3.05) is 86.0 Å². The van der Waals surface area contributed by atoms with E-state index in [2.05, 4.69) is 30.4 Å². The van der Waals surface area contributed by atoms with Gasteiger partial charge >= 0.3 is 24.1 Å². The zero-order valence-electron chi connectivity index (χ0n) is 46.5. The van der Waals surface area contributed by atoms with Gasteiger partial charge in [-0.2, -0.15) is 0 Å². The summed E-state index contributed by atoms with van der Waals surface area (Å²) in [6, 6.07) is 32.0. The van der Waals surface area contributed by atoms with E-state index in [0.29, 0.717) is 109 Å². The number of carboxylic acids is 2. The zero-order chi connectivity index (χ0) is 60.4. The average Bonchev–Trinajstić information content (AvgIpc) is 3.67. The number of hydrogen-bond acceptors (Lipinski definition) is 14. The van der Waals surface area contributed by atoms with Gasteiger partial charge < -0.3 is 39.3 Å². The lowest BCUT2D eigenvalue weighted by Crippen LogP contribution is -2.43. The van der Waals surface area contributed by atoms with Crippen LogP contribution >= 0.6 is 0 Å². The second-order valence-electron chi connectivity index (χ2n) is 19.2. The van der Waals surface area contributed by atoms with Crippen LogP contribution in [0, 0.1) is 23.5 Å². The first kappa shape index (κ1) is 63.6. The molecule has 0 bridgehead atoms. The maximum Gasteiger partial charge on any atom is 0.411 e. The molecular formula is C62H66F2N8O12. The molecule has 22 heteroatoms. The van der Waals surface area contributed by atoms with Crippen LogP contribution < -0.4 is 20.4 Å². The van der Waals surface area contributed by atoms with Gasteiger partial charge in [-0.05, 0) is 187 Å². The Morgan fingerprint density at radius 3 is 1.15 bits per heavy atom. The van der Waals surface area contributed by atoms with Gasteiger partial charge in [0, 0.05) is 96.2 Å². The molecule has 0 radical (unpaired) electrons. The van der Waals surface area contributed by atoms with Gasteiger partial charge in [0.2, 0.25) is 0 Å². The summed E-state index contributed by atoms with van der Waals surface area (Å²) in [5, 5.41) is 20.9. The van der Waals surface area contributed by atoms with Crippen LogP contribution in [0.5, 0.6) is 0 Å². The summed E-state index contributed by atoms with van der Waals surface area (Å²) >= 11 is 0. The first-order chi connectivity index (χ1) is 40.5. The number of nitrogens with one attached hydrogen (secondary N) is 2. The second kappa shape index (κ2) is 32.8. The number of nitrogens with zero attached hydrogens (tertiary/aromatic N) is 6. The third kappa shape index (κ3) is 20.2. The third-order valence-electron chi connectivity index (χ3n) is 13.5. The van der Waals surface area contributed by atoms with Crippen molar-refractivity contribution in [1.29, 1.82) is 0 Å². The lowest BCUT2D eigenvalue weighted by molar-refractivity contribution is -0.134. The monoisotopic (exact) mass is 1150 g/mol. The van der Waals surface area contributed by atoms with Gasteiger partial charge in [-0.3, -0.25) is 39.8 Å². The lowest BCUT2D eigenvalue weighted by Gasteiger charge is -2.33. The molecule has 2 aromatic heterocycles. The van der Waals surface area contributed by atoms with E-state index in [4.69, 9.17) is 19.7 Å². The van der Waals surface area contributed by atoms with Crippen LogP contribution in [-0.4, -0.2) is 143 Å². The van der Waals surface area contributed by atoms with Gasteiger partial charge in [-0.1, -0.05) is 0 Å². The number of carbonyl (C=O) groups is 8. The van der Waals surface area contributed by atoms with Gasteiger partial charge in [-0.15, -0.1) is 0 Å². The van der Waals surface area contributed by atoms with Crippen LogP contribution in [0.3, 0.4) is 0 Å². The molecule has 8 rings (SSSR count). The molecule has 4 amide bonds. The Hall–Kier alpha value is -9.54. The molecule has 2 aliphatic heterocycles. The summed E-state index contributed by atoms with van der Waals surface area (Å²) in [5.41, 5.74) is 4.49. The Kier molecular flexibility index (Phi) is 24.8. The lowest BCUT2D eigenvalue weighted by atomic mass is 9.89. The Labute approximate surface area is 484 Å². The number of aliphatic carboxylic acids is 2. The van der Waals surface area contributed by atoms with Crippen LogP contribution in [0.4, 0.5) is 41.1 Å². The number of halogens is 2. The van der Waals surface area contributed by atoms with Crippen molar-refractivity contribution in [2.24, 2.45) is 11.8 Å². The van der Waals surface area contributed by atoms with Crippen LogP contribution in [-0.2, 0) is 19.1 Å². The van der Waals surface area contributed by atoms with Crippen molar-refractivity contribution in [3.05, 3.63) is 192 Å². The molecular weight excluding hydrogens is 1090 g/mol. The molecule has 84 heavy (non-hydrogen) atoms. The largest absolute Gasteiger partial charge is 0.478 e. The number of Topliss-reactive ketones (excluding diaryl/α,β-unsaturated/α-hetero) is 2. The fraction of sp³-hybridized carbons (Fsp3) is 0.290. The van der Waals surface area contributed by atoms with Crippen molar-refractivity contribution in [1.82, 2.24) is 19.8 Å².